The molecule has 1 aromatic rings. The molecule has 110 valence electrons. The summed E-state index contributed by atoms with van der Waals surface area (Å²) in [7, 11) is 0. The van der Waals surface area contributed by atoms with Gasteiger partial charge in [-0.1, -0.05) is 30.3 Å². The van der Waals surface area contributed by atoms with Gasteiger partial charge in [0.1, 0.15) is 0 Å². The molecule has 20 heavy (non-hydrogen) atoms. The minimum atomic E-state index is -0.909. The molecule has 0 heterocycles. The van der Waals surface area contributed by atoms with Crippen molar-refractivity contribution >= 4 is 11.9 Å². The van der Waals surface area contributed by atoms with Crippen LogP contribution in [-0.2, 0) is 16.1 Å². The normalized spacial score (nSPS) is 11.6. The zero-order valence-corrected chi connectivity index (χ0v) is 11.9. The first kappa shape index (κ1) is 16.2. The molecule has 0 spiro atoms. The van der Waals surface area contributed by atoms with E-state index in [9.17, 15) is 14.7 Å². The van der Waals surface area contributed by atoms with Gasteiger partial charge in [-0.2, -0.15) is 0 Å². The van der Waals surface area contributed by atoms with Gasteiger partial charge in [-0.15, -0.1) is 0 Å². The third-order valence-corrected chi connectivity index (χ3v) is 3.09. The van der Waals surface area contributed by atoms with Crippen LogP contribution in [0.15, 0.2) is 30.3 Å². The van der Waals surface area contributed by atoms with E-state index >= 15 is 0 Å². The second-order valence-electron chi connectivity index (χ2n) is 5.53. The van der Waals surface area contributed by atoms with Crippen LogP contribution in [0.25, 0.3) is 0 Å². The number of hydrogen-bond acceptors (Lipinski definition) is 3. The van der Waals surface area contributed by atoms with Crippen molar-refractivity contribution in [1.82, 2.24) is 4.90 Å². The molecule has 0 aromatic heterocycles. The van der Waals surface area contributed by atoms with Crippen molar-refractivity contribution in [3.8, 4) is 0 Å². The molecule has 5 heteroatoms. The summed E-state index contributed by atoms with van der Waals surface area (Å²) in [6.07, 6.45) is 0.00251. The molecular formula is C15H21NO4. The molecule has 5 nitrogen and oxygen atoms in total. The van der Waals surface area contributed by atoms with Gasteiger partial charge in [-0.05, 0) is 19.4 Å². The summed E-state index contributed by atoms with van der Waals surface area (Å²) in [4.78, 5) is 23.8. The molecule has 2 N–H and O–H groups in total. The number of hydrogen-bond donors (Lipinski definition) is 2. The monoisotopic (exact) mass is 279 g/mol. The molecule has 0 aliphatic heterocycles. The van der Waals surface area contributed by atoms with Crippen LogP contribution in [0.2, 0.25) is 0 Å². The molecule has 0 aliphatic rings. The summed E-state index contributed by atoms with van der Waals surface area (Å²) in [6, 6.07) is 9.62. The average Bonchev–Trinajstić information content (AvgIpc) is 2.36. The molecule has 0 saturated heterocycles. The SMILES string of the molecule is CC(C)(CN(CCC(=O)O)Cc1ccccc1)C(=O)O. The summed E-state index contributed by atoms with van der Waals surface area (Å²) in [5, 5.41) is 18.0. The van der Waals surface area contributed by atoms with Crippen LogP contribution in [0.1, 0.15) is 25.8 Å². The lowest BCUT2D eigenvalue weighted by Crippen LogP contribution is -2.39. The number of nitrogens with zero attached hydrogens (tertiary/aromatic N) is 1. The van der Waals surface area contributed by atoms with Gasteiger partial charge in [0, 0.05) is 19.6 Å². The Morgan fingerprint density at radius 1 is 1.15 bits per heavy atom. The smallest absolute Gasteiger partial charge is 0.310 e. The van der Waals surface area contributed by atoms with E-state index in [1.54, 1.807) is 13.8 Å². The molecule has 0 unspecified atom stereocenters. The summed E-state index contributed by atoms with van der Waals surface area (Å²) < 4.78 is 0. The van der Waals surface area contributed by atoms with E-state index in [1.807, 2.05) is 35.2 Å². The van der Waals surface area contributed by atoms with Crippen LogP contribution in [0.4, 0.5) is 0 Å². The van der Waals surface area contributed by atoms with E-state index in [0.29, 0.717) is 19.6 Å². The maximum Gasteiger partial charge on any atom is 0.310 e. The Hall–Kier alpha value is -1.88. The molecule has 0 saturated carbocycles. The van der Waals surface area contributed by atoms with Gasteiger partial charge in [0.15, 0.2) is 0 Å². The van der Waals surface area contributed by atoms with Crippen molar-refractivity contribution in [2.75, 3.05) is 13.1 Å². The van der Waals surface area contributed by atoms with Crippen molar-refractivity contribution in [3.63, 3.8) is 0 Å². The minimum absolute atomic E-state index is 0.00251. The lowest BCUT2D eigenvalue weighted by atomic mass is 9.92. The second-order valence-corrected chi connectivity index (χ2v) is 5.53. The highest BCUT2D eigenvalue weighted by atomic mass is 16.4. The third-order valence-electron chi connectivity index (χ3n) is 3.09. The Kier molecular flexibility index (Phi) is 5.70. The lowest BCUT2D eigenvalue weighted by Gasteiger charge is -2.29. The van der Waals surface area contributed by atoms with Gasteiger partial charge in [0.25, 0.3) is 0 Å². The first-order valence-corrected chi connectivity index (χ1v) is 6.53. The van der Waals surface area contributed by atoms with Gasteiger partial charge >= 0.3 is 11.9 Å². The predicted octanol–water partition coefficient (Wildman–Crippen LogP) is 2.07. The fourth-order valence-electron chi connectivity index (χ4n) is 1.94. The van der Waals surface area contributed by atoms with Crippen molar-refractivity contribution in [1.29, 1.82) is 0 Å². The quantitative estimate of drug-likeness (QED) is 0.761. The van der Waals surface area contributed by atoms with Crippen molar-refractivity contribution < 1.29 is 19.8 Å². The molecule has 0 bridgehead atoms. The zero-order chi connectivity index (χ0) is 15.2. The molecular weight excluding hydrogens is 258 g/mol. The van der Waals surface area contributed by atoms with Gasteiger partial charge in [0.2, 0.25) is 0 Å². The third kappa shape index (κ3) is 5.40. The summed E-state index contributed by atoms with van der Waals surface area (Å²) >= 11 is 0. The molecule has 0 radical (unpaired) electrons. The maximum absolute atomic E-state index is 11.2. The Balaban J connectivity index is 2.74. The van der Waals surface area contributed by atoms with E-state index in [0.717, 1.165) is 5.56 Å². The number of carbonyl (C=O) groups is 2. The number of benzene rings is 1. The Labute approximate surface area is 118 Å². The Bertz CT molecular complexity index is 456. The molecule has 0 amide bonds. The van der Waals surface area contributed by atoms with Crippen LogP contribution in [-0.4, -0.2) is 40.1 Å². The van der Waals surface area contributed by atoms with Crippen molar-refractivity contribution in [3.05, 3.63) is 35.9 Å². The maximum atomic E-state index is 11.2. The number of carboxylic acids is 2. The van der Waals surface area contributed by atoms with E-state index in [2.05, 4.69) is 0 Å². The minimum Gasteiger partial charge on any atom is -0.481 e. The predicted molar refractivity (Wildman–Crippen MR) is 75.4 cm³/mol. The first-order valence-electron chi connectivity index (χ1n) is 6.53. The highest BCUT2D eigenvalue weighted by Crippen LogP contribution is 2.19. The molecule has 0 aliphatic carbocycles. The van der Waals surface area contributed by atoms with Crippen LogP contribution in [0.3, 0.4) is 0 Å². The van der Waals surface area contributed by atoms with Crippen molar-refractivity contribution in [2.45, 2.75) is 26.8 Å². The summed E-state index contributed by atoms with van der Waals surface area (Å²) in [5.41, 5.74) is 0.131. The largest absolute Gasteiger partial charge is 0.481 e. The van der Waals surface area contributed by atoms with E-state index in [1.165, 1.54) is 0 Å². The second kappa shape index (κ2) is 7.05. The average molecular weight is 279 g/mol. The van der Waals surface area contributed by atoms with Crippen LogP contribution in [0.5, 0.6) is 0 Å². The zero-order valence-electron chi connectivity index (χ0n) is 11.9. The topological polar surface area (TPSA) is 77.8 Å². The molecule has 0 fully saturated rings. The fourth-order valence-corrected chi connectivity index (χ4v) is 1.94. The van der Waals surface area contributed by atoms with Crippen LogP contribution < -0.4 is 0 Å². The van der Waals surface area contributed by atoms with E-state index < -0.39 is 17.4 Å². The number of rotatable bonds is 8. The van der Waals surface area contributed by atoms with Crippen LogP contribution >= 0.6 is 0 Å². The fraction of sp³-hybridized carbons (Fsp3) is 0.467. The number of aliphatic carboxylic acids is 2. The lowest BCUT2D eigenvalue weighted by molar-refractivity contribution is -0.148. The molecule has 1 rings (SSSR count). The van der Waals surface area contributed by atoms with Gasteiger partial charge < -0.3 is 10.2 Å². The van der Waals surface area contributed by atoms with Crippen molar-refractivity contribution in [2.24, 2.45) is 5.41 Å². The number of carboxylic acid groups (broad SMARTS) is 2. The van der Waals surface area contributed by atoms with Gasteiger partial charge in [-0.3, -0.25) is 14.5 Å². The summed E-state index contributed by atoms with van der Waals surface area (Å²) in [5.74, 6) is -1.76. The highest BCUT2D eigenvalue weighted by molar-refractivity contribution is 5.73. The van der Waals surface area contributed by atoms with E-state index in [4.69, 9.17) is 5.11 Å². The van der Waals surface area contributed by atoms with E-state index in [-0.39, 0.29) is 6.42 Å². The standard InChI is InChI=1S/C15H21NO4/c1-15(2,14(19)20)11-16(9-8-13(17)18)10-12-6-4-3-5-7-12/h3-7H,8-11H2,1-2H3,(H,17,18)(H,19,20). The van der Waals surface area contributed by atoms with Crippen LogP contribution in [0, 0.1) is 5.41 Å². The highest BCUT2D eigenvalue weighted by Gasteiger charge is 2.29. The molecule has 0 atom stereocenters. The Morgan fingerprint density at radius 3 is 2.25 bits per heavy atom. The van der Waals surface area contributed by atoms with Gasteiger partial charge in [-0.25, -0.2) is 0 Å². The van der Waals surface area contributed by atoms with Gasteiger partial charge in [0.05, 0.1) is 11.8 Å². The Morgan fingerprint density at radius 2 is 1.75 bits per heavy atom. The molecule has 1 aromatic carbocycles. The first-order chi connectivity index (χ1) is 9.31. The summed E-state index contributed by atoms with van der Waals surface area (Å²) in [6.45, 7) is 4.48.